The molecule has 0 radical (unpaired) electrons. The Morgan fingerprint density at radius 2 is 1.89 bits per heavy atom. The van der Waals surface area contributed by atoms with E-state index < -0.39 is 42.4 Å². The van der Waals surface area contributed by atoms with Crippen LogP contribution in [0, 0.1) is 12.7 Å². The molecule has 0 aromatic heterocycles. The summed E-state index contributed by atoms with van der Waals surface area (Å²) in [7, 11) is 0. The highest BCUT2D eigenvalue weighted by Gasteiger charge is 2.49. The molecule has 1 aliphatic rings. The van der Waals surface area contributed by atoms with E-state index in [-0.39, 0.29) is 10.6 Å². The molecule has 0 aliphatic carbocycles. The molecule has 6 nitrogen and oxygen atoms in total. The van der Waals surface area contributed by atoms with E-state index in [1.807, 2.05) is 19.1 Å². The first-order valence-corrected chi connectivity index (χ1v) is 8.90. The van der Waals surface area contributed by atoms with E-state index in [4.69, 9.17) is 16.3 Å². The number of nitrogens with zero attached hydrogens (tertiary/aromatic N) is 1. The number of halogens is 2. The number of benzene rings is 2. The van der Waals surface area contributed by atoms with Crippen molar-refractivity contribution >= 4 is 29.5 Å². The van der Waals surface area contributed by atoms with Gasteiger partial charge in [0.05, 0.1) is 5.02 Å². The van der Waals surface area contributed by atoms with Crippen molar-refractivity contribution in [2.24, 2.45) is 0 Å². The smallest absolute Gasteiger partial charge is 0.326 e. The van der Waals surface area contributed by atoms with Gasteiger partial charge in [-0.05, 0) is 31.5 Å². The summed E-state index contributed by atoms with van der Waals surface area (Å²) in [6.07, 6.45) is 0. The number of rotatable bonds is 5. The Hall–Kier alpha value is -2.93. The Labute approximate surface area is 166 Å². The van der Waals surface area contributed by atoms with Crippen LogP contribution in [0.2, 0.25) is 5.02 Å². The van der Waals surface area contributed by atoms with Gasteiger partial charge in [-0.1, -0.05) is 47.5 Å². The van der Waals surface area contributed by atoms with Crippen molar-refractivity contribution in [3.63, 3.8) is 0 Å². The first-order chi connectivity index (χ1) is 13.2. The average Bonchev–Trinajstić information content (AvgIpc) is 2.86. The molecule has 146 valence electrons. The van der Waals surface area contributed by atoms with Crippen molar-refractivity contribution in [1.82, 2.24) is 10.2 Å². The van der Waals surface area contributed by atoms with Crippen LogP contribution < -0.4 is 5.32 Å². The summed E-state index contributed by atoms with van der Waals surface area (Å²) in [4.78, 5) is 38.0. The van der Waals surface area contributed by atoms with Crippen LogP contribution in [0.1, 0.15) is 23.6 Å². The predicted octanol–water partition coefficient (Wildman–Crippen LogP) is 3.30. The van der Waals surface area contributed by atoms with Gasteiger partial charge in [0.1, 0.15) is 24.5 Å². The first kappa shape index (κ1) is 19.8. The number of aryl methyl sites for hydroxylation is 1. The molecule has 2 aromatic rings. The highest BCUT2D eigenvalue weighted by Crippen LogP contribution is 2.29. The lowest BCUT2D eigenvalue weighted by molar-refractivity contribution is -0.148. The van der Waals surface area contributed by atoms with E-state index in [2.05, 4.69) is 5.32 Å². The number of imide groups is 1. The molecular weight excluding hydrogens is 387 g/mol. The Morgan fingerprint density at radius 3 is 2.54 bits per heavy atom. The topological polar surface area (TPSA) is 75.7 Å². The Balaban J connectivity index is 1.69. The van der Waals surface area contributed by atoms with Crippen molar-refractivity contribution in [3.05, 3.63) is 70.0 Å². The molecule has 0 unspecified atom stereocenters. The molecule has 1 atom stereocenters. The molecule has 0 spiro atoms. The lowest BCUT2D eigenvalue weighted by Gasteiger charge is -2.22. The lowest BCUT2D eigenvalue weighted by atomic mass is 9.91. The SMILES string of the molecule is Cc1ccc([C@@]2(C)NC(=O)N(CC(=O)OCc3c(F)cccc3Cl)C2=O)cc1. The third-order valence-electron chi connectivity index (χ3n) is 4.63. The fourth-order valence-electron chi connectivity index (χ4n) is 2.92. The van der Waals surface area contributed by atoms with Gasteiger partial charge in [-0.2, -0.15) is 0 Å². The van der Waals surface area contributed by atoms with E-state index in [0.717, 1.165) is 10.5 Å². The van der Waals surface area contributed by atoms with Crippen LogP contribution in [0.4, 0.5) is 9.18 Å². The lowest BCUT2D eigenvalue weighted by Crippen LogP contribution is -2.41. The summed E-state index contributed by atoms with van der Waals surface area (Å²) in [6.45, 7) is 2.50. The van der Waals surface area contributed by atoms with Crippen LogP contribution in [-0.2, 0) is 26.5 Å². The summed E-state index contributed by atoms with van der Waals surface area (Å²) in [5.41, 5.74) is 0.362. The van der Waals surface area contributed by atoms with Gasteiger partial charge in [0.2, 0.25) is 0 Å². The van der Waals surface area contributed by atoms with E-state index in [0.29, 0.717) is 5.56 Å². The zero-order valence-corrected chi connectivity index (χ0v) is 16.0. The van der Waals surface area contributed by atoms with Crippen LogP contribution in [-0.4, -0.2) is 29.4 Å². The zero-order valence-electron chi connectivity index (χ0n) is 15.3. The number of carbonyl (C=O) groups excluding carboxylic acids is 3. The highest BCUT2D eigenvalue weighted by molar-refractivity contribution is 6.31. The predicted molar refractivity (Wildman–Crippen MR) is 100.0 cm³/mol. The number of urea groups is 1. The Bertz CT molecular complexity index is 927. The third kappa shape index (κ3) is 3.71. The quantitative estimate of drug-likeness (QED) is 0.613. The molecular formula is C20H18ClFN2O4. The van der Waals surface area contributed by atoms with Gasteiger partial charge in [0, 0.05) is 5.56 Å². The fraction of sp³-hybridized carbons (Fsp3) is 0.250. The fourth-order valence-corrected chi connectivity index (χ4v) is 3.14. The summed E-state index contributed by atoms with van der Waals surface area (Å²) >= 11 is 5.89. The minimum Gasteiger partial charge on any atom is -0.459 e. The van der Waals surface area contributed by atoms with E-state index in [9.17, 15) is 18.8 Å². The number of hydrogen-bond donors (Lipinski definition) is 1. The minimum atomic E-state index is -1.28. The summed E-state index contributed by atoms with van der Waals surface area (Å²) < 4.78 is 18.7. The molecule has 1 heterocycles. The molecule has 1 fully saturated rings. The summed E-state index contributed by atoms with van der Waals surface area (Å²) in [5.74, 6) is -2.03. The molecule has 1 N–H and O–H groups in total. The zero-order chi connectivity index (χ0) is 20.5. The maximum atomic E-state index is 13.7. The Kier molecular flexibility index (Phi) is 5.38. The second kappa shape index (κ2) is 7.59. The molecule has 28 heavy (non-hydrogen) atoms. The third-order valence-corrected chi connectivity index (χ3v) is 4.98. The number of ether oxygens (including phenoxy) is 1. The normalized spacial score (nSPS) is 18.9. The van der Waals surface area contributed by atoms with Gasteiger partial charge in [-0.15, -0.1) is 0 Å². The van der Waals surface area contributed by atoms with Gasteiger partial charge >= 0.3 is 12.0 Å². The maximum Gasteiger partial charge on any atom is 0.326 e. The summed E-state index contributed by atoms with van der Waals surface area (Å²) in [5, 5.41) is 2.73. The van der Waals surface area contributed by atoms with Crippen molar-refractivity contribution < 1.29 is 23.5 Å². The van der Waals surface area contributed by atoms with Gasteiger partial charge in [-0.3, -0.25) is 14.5 Å². The number of hydrogen-bond acceptors (Lipinski definition) is 4. The summed E-state index contributed by atoms with van der Waals surface area (Å²) in [6, 6.07) is 10.5. The maximum absolute atomic E-state index is 13.7. The molecule has 2 aromatic carbocycles. The molecule has 1 aliphatic heterocycles. The number of amides is 3. The van der Waals surface area contributed by atoms with Crippen molar-refractivity contribution in [2.45, 2.75) is 26.0 Å². The van der Waals surface area contributed by atoms with Crippen molar-refractivity contribution in [3.8, 4) is 0 Å². The van der Waals surface area contributed by atoms with Crippen molar-refractivity contribution in [1.29, 1.82) is 0 Å². The van der Waals surface area contributed by atoms with Gasteiger partial charge < -0.3 is 10.1 Å². The van der Waals surface area contributed by atoms with Crippen LogP contribution in [0.25, 0.3) is 0 Å². The van der Waals surface area contributed by atoms with Crippen LogP contribution in [0.3, 0.4) is 0 Å². The number of nitrogens with one attached hydrogen (secondary N) is 1. The molecule has 0 saturated carbocycles. The van der Waals surface area contributed by atoms with Crippen molar-refractivity contribution in [2.75, 3.05) is 6.54 Å². The van der Waals surface area contributed by atoms with E-state index in [1.165, 1.54) is 18.2 Å². The van der Waals surface area contributed by atoms with Gasteiger partial charge in [-0.25, -0.2) is 9.18 Å². The van der Waals surface area contributed by atoms with Crippen LogP contribution >= 0.6 is 11.6 Å². The van der Waals surface area contributed by atoms with E-state index in [1.54, 1.807) is 19.1 Å². The molecule has 8 heteroatoms. The molecule has 0 bridgehead atoms. The van der Waals surface area contributed by atoms with Gasteiger partial charge in [0.15, 0.2) is 0 Å². The molecule has 3 rings (SSSR count). The average molecular weight is 405 g/mol. The number of carbonyl (C=O) groups is 3. The van der Waals surface area contributed by atoms with Crippen LogP contribution in [0.5, 0.6) is 0 Å². The Morgan fingerprint density at radius 1 is 1.21 bits per heavy atom. The van der Waals surface area contributed by atoms with E-state index >= 15 is 0 Å². The monoisotopic (exact) mass is 404 g/mol. The van der Waals surface area contributed by atoms with Crippen LogP contribution in [0.15, 0.2) is 42.5 Å². The number of esters is 1. The molecule has 1 saturated heterocycles. The second-order valence-corrected chi connectivity index (χ2v) is 7.08. The second-order valence-electron chi connectivity index (χ2n) is 6.67. The first-order valence-electron chi connectivity index (χ1n) is 8.52. The largest absolute Gasteiger partial charge is 0.459 e. The minimum absolute atomic E-state index is 0.0270. The van der Waals surface area contributed by atoms with Gasteiger partial charge in [0.25, 0.3) is 5.91 Å². The highest BCUT2D eigenvalue weighted by atomic mass is 35.5. The standard InChI is InChI=1S/C20H18ClFN2O4/c1-12-6-8-13(9-7-12)20(2)18(26)24(19(27)23-20)10-17(25)28-11-14-15(21)4-3-5-16(14)22/h3-9H,10-11H2,1-2H3,(H,23,27)/t20-/m1/s1. The molecule has 3 amide bonds.